The standard InChI is InChI=1S/C22H26N2O4/c1-4-17-12-8-9-15(2)22(17)24-20(26)14-28-21(27)13-19(23-16(3)25)18-10-6-5-7-11-18/h5-12,19H,4,13-14H2,1-3H3,(H,23,25)(H,24,26)/t19-/m0/s1. The van der Waals surface area contributed by atoms with Crippen LogP contribution in [0, 0.1) is 6.92 Å². The van der Waals surface area contributed by atoms with E-state index in [1.807, 2.05) is 62.4 Å². The SMILES string of the molecule is CCc1cccc(C)c1NC(=O)COC(=O)C[C@H](NC(C)=O)c1ccccc1. The molecule has 2 N–H and O–H groups in total. The van der Waals surface area contributed by atoms with Crippen LogP contribution < -0.4 is 10.6 Å². The first-order valence-electron chi connectivity index (χ1n) is 9.26. The van der Waals surface area contributed by atoms with E-state index >= 15 is 0 Å². The molecule has 0 aliphatic carbocycles. The molecule has 0 radical (unpaired) electrons. The second kappa shape index (κ2) is 10.3. The molecule has 6 nitrogen and oxygen atoms in total. The molecule has 0 unspecified atom stereocenters. The largest absolute Gasteiger partial charge is 0.455 e. The smallest absolute Gasteiger partial charge is 0.308 e. The van der Waals surface area contributed by atoms with Crippen LogP contribution >= 0.6 is 0 Å². The highest BCUT2D eigenvalue weighted by molar-refractivity contribution is 5.94. The van der Waals surface area contributed by atoms with Gasteiger partial charge < -0.3 is 15.4 Å². The number of amides is 2. The number of carbonyl (C=O) groups excluding carboxylic acids is 3. The maximum absolute atomic E-state index is 12.2. The van der Waals surface area contributed by atoms with Crippen LogP contribution in [0.15, 0.2) is 48.5 Å². The zero-order chi connectivity index (χ0) is 20.5. The Morgan fingerprint density at radius 1 is 1.04 bits per heavy atom. The highest BCUT2D eigenvalue weighted by atomic mass is 16.5. The number of hydrogen-bond acceptors (Lipinski definition) is 4. The molecule has 2 amide bonds. The maximum Gasteiger partial charge on any atom is 0.308 e. The molecule has 2 rings (SSSR count). The van der Waals surface area contributed by atoms with E-state index in [-0.39, 0.29) is 18.9 Å². The molecule has 0 bridgehead atoms. The Balaban J connectivity index is 1.93. The summed E-state index contributed by atoms with van der Waals surface area (Å²) in [5, 5.41) is 5.55. The summed E-state index contributed by atoms with van der Waals surface area (Å²) in [6.07, 6.45) is 0.730. The molecule has 28 heavy (non-hydrogen) atoms. The average molecular weight is 382 g/mol. The number of hydrogen-bond donors (Lipinski definition) is 2. The van der Waals surface area contributed by atoms with E-state index in [0.717, 1.165) is 28.8 Å². The molecule has 0 aromatic heterocycles. The Hall–Kier alpha value is -3.15. The van der Waals surface area contributed by atoms with Crippen LogP contribution in [-0.2, 0) is 25.5 Å². The molecule has 0 spiro atoms. The van der Waals surface area contributed by atoms with E-state index in [1.165, 1.54) is 6.92 Å². The van der Waals surface area contributed by atoms with Gasteiger partial charge >= 0.3 is 5.97 Å². The minimum atomic E-state index is -0.557. The van der Waals surface area contributed by atoms with Crippen LogP contribution in [0.3, 0.4) is 0 Å². The van der Waals surface area contributed by atoms with E-state index in [0.29, 0.717) is 0 Å². The molecule has 0 saturated carbocycles. The summed E-state index contributed by atoms with van der Waals surface area (Å²) in [6, 6.07) is 14.5. The molecule has 0 aliphatic heterocycles. The molecular formula is C22H26N2O4. The van der Waals surface area contributed by atoms with Gasteiger partial charge in [0.15, 0.2) is 6.61 Å². The number of esters is 1. The number of carbonyl (C=O) groups is 3. The Bertz CT molecular complexity index is 834. The lowest BCUT2D eigenvalue weighted by atomic mass is 10.0. The normalized spacial score (nSPS) is 11.4. The van der Waals surface area contributed by atoms with Crippen molar-refractivity contribution in [3.63, 3.8) is 0 Å². The predicted molar refractivity (Wildman–Crippen MR) is 108 cm³/mol. The van der Waals surface area contributed by atoms with E-state index in [9.17, 15) is 14.4 Å². The molecule has 148 valence electrons. The monoisotopic (exact) mass is 382 g/mol. The van der Waals surface area contributed by atoms with Crippen LogP contribution in [0.2, 0.25) is 0 Å². The Kier molecular flexibility index (Phi) is 7.75. The lowest BCUT2D eigenvalue weighted by Gasteiger charge is -2.18. The van der Waals surface area contributed by atoms with Gasteiger partial charge in [0.1, 0.15) is 0 Å². The molecule has 0 fully saturated rings. The minimum absolute atomic E-state index is 0.0541. The number of nitrogens with one attached hydrogen (secondary N) is 2. The fourth-order valence-electron chi connectivity index (χ4n) is 2.93. The lowest BCUT2D eigenvalue weighted by molar-refractivity contribution is -0.148. The van der Waals surface area contributed by atoms with Crippen LogP contribution in [-0.4, -0.2) is 24.4 Å². The van der Waals surface area contributed by atoms with Gasteiger partial charge in [0.25, 0.3) is 5.91 Å². The van der Waals surface area contributed by atoms with E-state index in [4.69, 9.17) is 4.74 Å². The summed E-state index contributed by atoms with van der Waals surface area (Å²) in [7, 11) is 0. The number of ether oxygens (including phenoxy) is 1. The first kappa shape index (κ1) is 21.2. The number of rotatable bonds is 8. The van der Waals surface area contributed by atoms with Gasteiger partial charge in [-0.3, -0.25) is 14.4 Å². The van der Waals surface area contributed by atoms with Gasteiger partial charge in [-0.2, -0.15) is 0 Å². The van der Waals surface area contributed by atoms with E-state index in [2.05, 4.69) is 10.6 Å². The summed E-state index contributed by atoms with van der Waals surface area (Å²) in [6.45, 7) is 4.94. The van der Waals surface area contributed by atoms with Crippen molar-refractivity contribution < 1.29 is 19.1 Å². The average Bonchev–Trinajstić information content (AvgIpc) is 2.68. The maximum atomic E-state index is 12.2. The van der Waals surface area contributed by atoms with Crippen molar-refractivity contribution in [1.82, 2.24) is 5.32 Å². The number of anilines is 1. The zero-order valence-corrected chi connectivity index (χ0v) is 16.5. The second-order valence-corrected chi connectivity index (χ2v) is 6.54. The molecule has 0 aliphatic rings. The molecule has 0 heterocycles. The molecule has 2 aromatic carbocycles. The third kappa shape index (κ3) is 6.23. The molecule has 2 aromatic rings. The van der Waals surface area contributed by atoms with Gasteiger partial charge in [-0.25, -0.2) is 0 Å². The van der Waals surface area contributed by atoms with Gasteiger partial charge in [0.05, 0.1) is 12.5 Å². The highest BCUT2D eigenvalue weighted by Crippen LogP contribution is 2.21. The predicted octanol–water partition coefficient (Wildman–Crippen LogP) is 3.31. The number of benzene rings is 2. The van der Waals surface area contributed by atoms with Crippen LogP contribution in [0.25, 0.3) is 0 Å². The van der Waals surface area contributed by atoms with Crippen molar-refractivity contribution in [2.75, 3.05) is 11.9 Å². The van der Waals surface area contributed by atoms with Crippen LogP contribution in [0.4, 0.5) is 5.69 Å². The van der Waals surface area contributed by atoms with Gasteiger partial charge in [-0.15, -0.1) is 0 Å². The van der Waals surface area contributed by atoms with Gasteiger partial charge in [0, 0.05) is 12.6 Å². The Morgan fingerprint density at radius 3 is 2.39 bits per heavy atom. The summed E-state index contributed by atoms with van der Waals surface area (Å²) < 4.78 is 5.12. The molecule has 0 saturated heterocycles. The molecular weight excluding hydrogens is 356 g/mol. The zero-order valence-electron chi connectivity index (χ0n) is 16.5. The minimum Gasteiger partial charge on any atom is -0.455 e. The first-order valence-corrected chi connectivity index (χ1v) is 9.26. The van der Waals surface area contributed by atoms with Crippen molar-refractivity contribution in [1.29, 1.82) is 0 Å². The summed E-state index contributed by atoms with van der Waals surface area (Å²) in [5.41, 5.74) is 3.53. The third-order valence-electron chi connectivity index (χ3n) is 4.32. The van der Waals surface area contributed by atoms with Crippen molar-refractivity contribution in [3.8, 4) is 0 Å². The van der Waals surface area contributed by atoms with Gasteiger partial charge in [-0.1, -0.05) is 55.5 Å². The van der Waals surface area contributed by atoms with Gasteiger partial charge in [-0.05, 0) is 30.0 Å². The Morgan fingerprint density at radius 2 is 1.75 bits per heavy atom. The lowest BCUT2D eigenvalue weighted by Crippen LogP contribution is -2.29. The summed E-state index contributed by atoms with van der Waals surface area (Å²) >= 11 is 0. The van der Waals surface area contributed by atoms with Crippen LogP contribution in [0.1, 0.15) is 43.0 Å². The van der Waals surface area contributed by atoms with Crippen molar-refractivity contribution in [3.05, 3.63) is 65.2 Å². The summed E-state index contributed by atoms with van der Waals surface area (Å²) in [5.74, 6) is -1.20. The van der Waals surface area contributed by atoms with Crippen molar-refractivity contribution >= 4 is 23.5 Å². The second-order valence-electron chi connectivity index (χ2n) is 6.54. The van der Waals surface area contributed by atoms with Crippen molar-refractivity contribution in [2.24, 2.45) is 0 Å². The topological polar surface area (TPSA) is 84.5 Å². The molecule has 6 heteroatoms. The fraction of sp³-hybridized carbons (Fsp3) is 0.318. The van der Waals surface area contributed by atoms with Gasteiger partial charge in [0.2, 0.25) is 5.91 Å². The van der Waals surface area contributed by atoms with Crippen molar-refractivity contribution in [2.45, 2.75) is 39.7 Å². The fourth-order valence-corrected chi connectivity index (χ4v) is 2.93. The quantitative estimate of drug-likeness (QED) is 0.686. The summed E-state index contributed by atoms with van der Waals surface area (Å²) in [4.78, 5) is 35.9. The Labute approximate surface area is 165 Å². The number of aryl methyl sites for hydroxylation is 2. The van der Waals surface area contributed by atoms with E-state index in [1.54, 1.807) is 0 Å². The van der Waals surface area contributed by atoms with Crippen LogP contribution in [0.5, 0.6) is 0 Å². The third-order valence-corrected chi connectivity index (χ3v) is 4.32. The first-order chi connectivity index (χ1) is 13.4. The highest BCUT2D eigenvalue weighted by Gasteiger charge is 2.19. The van der Waals surface area contributed by atoms with E-state index < -0.39 is 17.9 Å². The molecule has 1 atom stereocenters. The number of para-hydroxylation sites is 1.